The summed E-state index contributed by atoms with van der Waals surface area (Å²) in [5.41, 5.74) is 3.28. The number of aryl methyl sites for hydroxylation is 2. The normalized spacial score (nSPS) is 10.4. The fraction of sp³-hybridized carbons (Fsp3) is 0.235. The van der Waals surface area contributed by atoms with Gasteiger partial charge in [-0.1, -0.05) is 18.2 Å². The van der Waals surface area contributed by atoms with E-state index < -0.39 is 0 Å². The van der Waals surface area contributed by atoms with Crippen LogP contribution in [0.15, 0.2) is 30.3 Å². The van der Waals surface area contributed by atoms with Crippen molar-refractivity contribution < 1.29 is 13.9 Å². The Labute approximate surface area is 118 Å². The topological polar surface area (TPSA) is 26.3 Å². The molecule has 0 unspecified atom stereocenters. The van der Waals surface area contributed by atoms with Gasteiger partial charge in [0.2, 0.25) is 0 Å². The maximum absolute atomic E-state index is 13.6. The molecular weight excluding hydrogens is 255 g/mol. The zero-order chi connectivity index (χ0) is 14.9. The number of ketones is 1. The summed E-state index contributed by atoms with van der Waals surface area (Å²) < 4.78 is 18.9. The fourth-order valence-corrected chi connectivity index (χ4v) is 2.12. The predicted octanol–water partition coefficient (Wildman–Crippen LogP) is 3.99. The lowest BCUT2D eigenvalue weighted by molar-refractivity contribution is 0.103. The number of ether oxygens (including phenoxy) is 1. The first-order chi connectivity index (χ1) is 9.45. The van der Waals surface area contributed by atoms with E-state index in [-0.39, 0.29) is 11.6 Å². The number of rotatable bonds is 3. The number of methoxy groups -OCH3 is 1. The molecule has 0 spiro atoms. The van der Waals surface area contributed by atoms with Crippen molar-refractivity contribution in [2.75, 3.05) is 7.11 Å². The van der Waals surface area contributed by atoms with E-state index in [9.17, 15) is 9.18 Å². The summed E-state index contributed by atoms with van der Waals surface area (Å²) in [5.74, 6) is -0.0570. The SMILES string of the molecule is COc1c(C(=O)c2ccc(C)c(F)c2)ccc(C)c1C. The van der Waals surface area contributed by atoms with Gasteiger partial charge in [0.15, 0.2) is 5.78 Å². The van der Waals surface area contributed by atoms with E-state index in [4.69, 9.17) is 4.74 Å². The van der Waals surface area contributed by atoms with Crippen molar-refractivity contribution in [3.05, 3.63) is 64.0 Å². The molecule has 2 aromatic rings. The molecule has 0 aliphatic rings. The van der Waals surface area contributed by atoms with Crippen LogP contribution in [0.25, 0.3) is 0 Å². The summed E-state index contributed by atoms with van der Waals surface area (Å²) >= 11 is 0. The first-order valence-electron chi connectivity index (χ1n) is 6.40. The minimum atomic E-state index is -0.376. The van der Waals surface area contributed by atoms with Crippen LogP contribution >= 0.6 is 0 Å². The van der Waals surface area contributed by atoms with Gasteiger partial charge in [-0.2, -0.15) is 0 Å². The van der Waals surface area contributed by atoms with Crippen molar-refractivity contribution in [1.82, 2.24) is 0 Å². The first kappa shape index (κ1) is 14.3. The van der Waals surface area contributed by atoms with Crippen LogP contribution in [-0.4, -0.2) is 12.9 Å². The quantitative estimate of drug-likeness (QED) is 0.790. The maximum Gasteiger partial charge on any atom is 0.196 e. The molecule has 0 aliphatic carbocycles. The standard InChI is InChI=1S/C17H17FO2/c1-10-6-8-14(17(20-4)12(10)3)16(19)13-7-5-11(2)15(18)9-13/h5-9H,1-4H3. The van der Waals surface area contributed by atoms with Crippen molar-refractivity contribution in [1.29, 1.82) is 0 Å². The minimum Gasteiger partial charge on any atom is -0.496 e. The maximum atomic E-state index is 13.6. The van der Waals surface area contributed by atoms with Crippen LogP contribution in [0.2, 0.25) is 0 Å². The summed E-state index contributed by atoms with van der Waals surface area (Å²) in [5, 5.41) is 0. The summed E-state index contributed by atoms with van der Waals surface area (Å²) in [7, 11) is 1.54. The zero-order valence-corrected chi connectivity index (χ0v) is 12.1. The lowest BCUT2D eigenvalue weighted by Gasteiger charge is -2.13. The molecule has 0 atom stereocenters. The molecule has 2 nitrogen and oxygen atoms in total. The van der Waals surface area contributed by atoms with Crippen LogP contribution < -0.4 is 4.74 Å². The molecule has 0 heterocycles. The molecule has 0 saturated carbocycles. The highest BCUT2D eigenvalue weighted by atomic mass is 19.1. The predicted molar refractivity (Wildman–Crippen MR) is 77.0 cm³/mol. The lowest BCUT2D eigenvalue weighted by atomic mass is 9.97. The minimum absolute atomic E-state index is 0.233. The molecule has 3 heteroatoms. The summed E-state index contributed by atoms with van der Waals surface area (Å²) in [4.78, 5) is 12.5. The number of hydrogen-bond donors (Lipinski definition) is 0. The Morgan fingerprint density at radius 2 is 1.70 bits per heavy atom. The monoisotopic (exact) mass is 272 g/mol. The van der Waals surface area contributed by atoms with Crippen LogP contribution in [0.1, 0.15) is 32.6 Å². The Kier molecular flexibility index (Phi) is 3.89. The smallest absolute Gasteiger partial charge is 0.196 e. The van der Waals surface area contributed by atoms with Gasteiger partial charge in [-0.25, -0.2) is 4.39 Å². The van der Waals surface area contributed by atoms with Gasteiger partial charge in [-0.15, -0.1) is 0 Å². The highest BCUT2D eigenvalue weighted by Crippen LogP contribution is 2.28. The van der Waals surface area contributed by atoms with Crippen molar-refractivity contribution in [2.24, 2.45) is 0 Å². The van der Waals surface area contributed by atoms with Gasteiger partial charge < -0.3 is 4.74 Å². The average Bonchev–Trinajstić information content (AvgIpc) is 2.44. The Morgan fingerprint density at radius 3 is 2.30 bits per heavy atom. The molecule has 0 radical (unpaired) electrons. The van der Waals surface area contributed by atoms with E-state index in [1.54, 1.807) is 25.1 Å². The summed E-state index contributed by atoms with van der Waals surface area (Å²) in [6, 6.07) is 8.11. The molecule has 0 amide bonds. The van der Waals surface area contributed by atoms with E-state index in [0.717, 1.165) is 11.1 Å². The largest absolute Gasteiger partial charge is 0.496 e. The number of carbonyl (C=O) groups excluding carboxylic acids is 1. The Hall–Kier alpha value is -2.16. The Morgan fingerprint density at radius 1 is 1.05 bits per heavy atom. The van der Waals surface area contributed by atoms with Crippen LogP contribution in [0.5, 0.6) is 5.75 Å². The summed E-state index contributed by atoms with van der Waals surface area (Å²) in [6.07, 6.45) is 0. The molecule has 104 valence electrons. The Bertz CT molecular complexity index is 675. The van der Waals surface area contributed by atoms with Gasteiger partial charge in [-0.05, 0) is 49.6 Å². The molecule has 0 aliphatic heterocycles. The lowest BCUT2D eigenvalue weighted by Crippen LogP contribution is -2.06. The molecule has 0 N–H and O–H groups in total. The third kappa shape index (κ3) is 2.44. The zero-order valence-electron chi connectivity index (χ0n) is 12.1. The average molecular weight is 272 g/mol. The molecule has 0 aromatic heterocycles. The molecule has 20 heavy (non-hydrogen) atoms. The van der Waals surface area contributed by atoms with Gasteiger partial charge in [0.1, 0.15) is 11.6 Å². The molecule has 0 saturated heterocycles. The van der Waals surface area contributed by atoms with E-state index in [0.29, 0.717) is 22.4 Å². The number of carbonyl (C=O) groups is 1. The van der Waals surface area contributed by atoms with E-state index >= 15 is 0 Å². The van der Waals surface area contributed by atoms with Gasteiger partial charge in [-0.3, -0.25) is 4.79 Å². The molecule has 0 bridgehead atoms. The van der Waals surface area contributed by atoms with Crippen molar-refractivity contribution in [2.45, 2.75) is 20.8 Å². The van der Waals surface area contributed by atoms with E-state index in [1.807, 2.05) is 19.9 Å². The van der Waals surface area contributed by atoms with E-state index in [1.165, 1.54) is 13.2 Å². The fourth-order valence-electron chi connectivity index (χ4n) is 2.12. The number of hydrogen-bond acceptors (Lipinski definition) is 2. The van der Waals surface area contributed by atoms with E-state index in [2.05, 4.69) is 0 Å². The molecule has 2 rings (SSSR count). The second-order valence-electron chi connectivity index (χ2n) is 4.88. The van der Waals surface area contributed by atoms with Crippen LogP contribution in [0.3, 0.4) is 0 Å². The Balaban J connectivity index is 2.53. The van der Waals surface area contributed by atoms with Crippen LogP contribution in [-0.2, 0) is 0 Å². The van der Waals surface area contributed by atoms with Crippen molar-refractivity contribution in [3.8, 4) is 5.75 Å². The van der Waals surface area contributed by atoms with Crippen molar-refractivity contribution >= 4 is 5.78 Å². The number of halogens is 1. The third-order valence-corrected chi connectivity index (χ3v) is 3.56. The van der Waals surface area contributed by atoms with Gasteiger partial charge in [0, 0.05) is 5.56 Å². The second-order valence-corrected chi connectivity index (χ2v) is 4.88. The van der Waals surface area contributed by atoms with Crippen molar-refractivity contribution in [3.63, 3.8) is 0 Å². The van der Waals surface area contributed by atoms with Gasteiger partial charge in [0.25, 0.3) is 0 Å². The highest BCUT2D eigenvalue weighted by Gasteiger charge is 2.17. The first-order valence-corrected chi connectivity index (χ1v) is 6.40. The molecule has 2 aromatic carbocycles. The van der Waals surface area contributed by atoms with Gasteiger partial charge in [0.05, 0.1) is 12.7 Å². The van der Waals surface area contributed by atoms with Crippen LogP contribution in [0.4, 0.5) is 4.39 Å². The summed E-state index contributed by atoms with van der Waals surface area (Å²) in [6.45, 7) is 5.53. The third-order valence-electron chi connectivity index (χ3n) is 3.56. The molecular formula is C17H17FO2. The molecule has 0 fully saturated rings. The van der Waals surface area contributed by atoms with Gasteiger partial charge >= 0.3 is 0 Å². The highest BCUT2D eigenvalue weighted by molar-refractivity contribution is 6.11. The van der Waals surface area contributed by atoms with Crippen LogP contribution in [0, 0.1) is 26.6 Å². The number of benzene rings is 2. The second kappa shape index (κ2) is 5.45.